The fraction of sp³-hybridized carbons (Fsp3) is 0.273. The number of carbonyl (C=O) groups excluding carboxylic acids is 2. The SMILES string of the molecule is CCOc1ccc(CCN2C(=O)C(O)=C(c3ccc(Cl)cc3)C2=O)cc1OCC. The molecule has 2 amide bonds. The molecule has 0 unspecified atom stereocenters. The summed E-state index contributed by atoms with van der Waals surface area (Å²) in [6, 6.07) is 11.9. The van der Waals surface area contributed by atoms with E-state index < -0.39 is 17.6 Å². The second kappa shape index (κ2) is 9.01. The predicted molar refractivity (Wildman–Crippen MR) is 110 cm³/mol. The van der Waals surface area contributed by atoms with Crippen LogP contribution in [0.3, 0.4) is 0 Å². The maximum atomic E-state index is 12.8. The molecular formula is C22H22ClNO5. The van der Waals surface area contributed by atoms with Crippen LogP contribution in [0.5, 0.6) is 11.5 Å². The van der Waals surface area contributed by atoms with Gasteiger partial charge in [-0.15, -0.1) is 0 Å². The molecule has 152 valence electrons. The van der Waals surface area contributed by atoms with E-state index in [0.717, 1.165) is 10.5 Å². The first kappa shape index (κ1) is 20.7. The van der Waals surface area contributed by atoms with Gasteiger partial charge in [0.2, 0.25) is 0 Å². The quantitative estimate of drug-likeness (QED) is 0.659. The van der Waals surface area contributed by atoms with Gasteiger partial charge >= 0.3 is 0 Å². The van der Waals surface area contributed by atoms with Gasteiger partial charge < -0.3 is 14.6 Å². The normalized spacial score (nSPS) is 14.0. The zero-order valence-electron chi connectivity index (χ0n) is 16.3. The molecule has 1 heterocycles. The third-order valence-corrected chi connectivity index (χ3v) is 4.76. The lowest BCUT2D eigenvalue weighted by Gasteiger charge is -2.16. The van der Waals surface area contributed by atoms with E-state index in [1.807, 2.05) is 32.0 Å². The molecule has 0 fully saturated rings. The van der Waals surface area contributed by atoms with Crippen LogP contribution in [0.15, 0.2) is 48.2 Å². The Kier molecular flexibility index (Phi) is 6.44. The van der Waals surface area contributed by atoms with E-state index in [0.29, 0.717) is 41.7 Å². The van der Waals surface area contributed by atoms with E-state index in [9.17, 15) is 14.7 Å². The smallest absolute Gasteiger partial charge is 0.296 e. The Labute approximate surface area is 174 Å². The monoisotopic (exact) mass is 415 g/mol. The first-order valence-corrected chi connectivity index (χ1v) is 9.78. The van der Waals surface area contributed by atoms with Gasteiger partial charge in [-0.25, -0.2) is 0 Å². The average molecular weight is 416 g/mol. The number of halogens is 1. The fourth-order valence-electron chi connectivity index (χ4n) is 3.14. The van der Waals surface area contributed by atoms with Crippen molar-refractivity contribution in [2.24, 2.45) is 0 Å². The molecule has 0 saturated carbocycles. The van der Waals surface area contributed by atoms with Gasteiger partial charge in [-0.05, 0) is 55.7 Å². The Balaban J connectivity index is 1.75. The Morgan fingerprint density at radius 2 is 1.59 bits per heavy atom. The highest BCUT2D eigenvalue weighted by Gasteiger charge is 2.38. The van der Waals surface area contributed by atoms with Crippen molar-refractivity contribution in [3.63, 3.8) is 0 Å². The molecule has 3 rings (SSSR count). The Morgan fingerprint density at radius 3 is 2.24 bits per heavy atom. The van der Waals surface area contributed by atoms with E-state index in [1.54, 1.807) is 24.3 Å². The van der Waals surface area contributed by atoms with E-state index in [1.165, 1.54) is 0 Å². The van der Waals surface area contributed by atoms with Crippen molar-refractivity contribution in [3.8, 4) is 11.5 Å². The number of amides is 2. The maximum Gasteiger partial charge on any atom is 0.296 e. The lowest BCUT2D eigenvalue weighted by molar-refractivity contribution is -0.138. The molecule has 2 aromatic carbocycles. The maximum absolute atomic E-state index is 12.8. The third kappa shape index (κ3) is 4.38. The molecule has 0 spiro atoms. The molecule has 0 atom stereocenters. The number of imide groups is 1. The number of nitrogens with zero attached hydrogens (tertiary/aromatic N) is 1. The minimum atomic E-state index is -0.698. The van der Waals surface area contributed by atoms with Gasteiger partial charge in [-0.3, -0.25) is 14.5 Å². The first-order valence-electron chi connectivity index (χ1n) is 9.40. The van der Waals surface area contributed by atoms with Crippen molar-refractivity contribution < 1.29 is 24.2 Å². The van der Waals surface area contributed by atoms with Crippen LogP contribution in [0.4, 0.5) is 0 Å². The number of ether oxygens (including phenoxy) is 2. The highest BCUT2D eigenvalue weighted by atomic mass is 35.5. The molecule has 1 aliphatic heterocycles. The molecule has 0 radical (unpaired) electrons. The number of hydrogen-bond donors (Lipinski definition) is 1. The predicted octanol–water partition coefficient (Wildman–Crippen LogP) is 4.02. The van der Waals surface area contributed by atoms with Crippen molar-refractivity contribution in [3.05, 3.63) is 64.4 Å². The zero-order valence-corrected chi connectivity index (χ0v) is 17.0. The summed E-state index contributed by atoms with van der Waals surface area (Å²) < 4.78 is 11.2. The second-order valence-electron chi connectivity index (χ2n) is 6.39. The molecular weight excluding hydrogens is 394 g/mol. The summed E-state index contributed by atoms with van der Waals surface area (Å²) in [6.07, 6.45) is 0.422. The van der Waals surface area contributed by atoms with Crippen LogP contribution in [0.25, 0.3) is 5.57 Å². The summed E-state index contributed by atoms with van der Waals surface area (Å²) in [5.41, 5.74) is 1.33. The molecule has 0 saturated heterocycles. The molecule has 29 heavy (non-hydrogen) atoms. The van der Waals surface area contributed by atoms with Gasteiger partial charge in [-0.2, -0.15) is 0 Å². The summed E-state index contributed by atoms with van der Waals surface area (Å²) in [7, 11) is 0. The van der Waals surface area contributed by atoms with Gasteiger partial charge in [0, 0.05) is 11.6 Å². The van der Waals surface area contributed by atoms with Gasteiger partial charge in [-0.1, -0.05) is 29.8 Å². The number of aliphatic hydroxyl groups is 1. The minimum absolute atomic E-state index is 0.00614. The molecule has 0 bridgehead atoms. The molecule has 6 nitrogen and oxygen atoms in total. The lowest BCUT2D eigenvalue weighted by Crippen LogP contribution is -2.33. The van der Waals surface area contributed by atoms with Crippen LogP contribution in [0.2, 0.25) is 5.02 Å². The standard InChI is InChI=1S/C22H22ClNO5/c1-3-28-17-10-5-14(13-18(17)29-4-2)11-12-24-21(26)19(20(25)22(24)27)15-6-8-16(23)9-7-15/h5-10,13,25H,3-4,11-12H2,1-2H3. The number of benzene rings is 2. The second-order valence-corrected chi connectivity index (χ2v) is 6.83. The van der Waals surface area contributed by atoms with Crippen molar-refractivity contribution in [1.82, 2.24) is 4.90 Å². The van der Waals surface area contributed by atoms with Crippen molar-refractivity contribution in [1.29, 1.82) is 0 Å². The third-order valence-electron chi connectivity index (χ3n) is 4.51. The van der Waals surface area contributed by atoms with Crippen LogP contribution in [-0.2, 0) is 16.0 Å². The number of aliphatic hydroxyl groups excluding tert-OH is 1. The lowest BCUT2D eigenvalue weighted by atomic mass is 10.1. The van der Waals surface area contributed by atoms with Gasteiger partial charge in [0.25, 0.3) is 11.8 Å². The van der Waals surface area contributed by atoms with Crippen molar-refractivity contribution in [2.45, 2.75) is 20.3 Å². The topological polar surface area (TPSA) is 76.1 Å². The summed E-state index contributed by atoms with van der Waals surface area (Å²) in [4.78, 5) is 26.2. The number of rotatable bonds is 8. The molecule has 0 aromatic heterocycles. The molecule has 2 aromatic rings. The zero-order chi connectivity index (χ0) is 21.0. The van der Waals surface area contributed by atoms with Crippen molar-refractivity contribution in [2.75, 3.05) is 19.8 Å². The summed E-state index contributed by atoms with van der Waals surface area (Å²) >= 11 is 5.87. The van der Waals surface area contributed by atoms with Crippen molar-refractivity contribution >= 4 is 29.0 Å². The summed E-state index contributed by atoms with van der Waals surface area (Å²) in [6.45, 7) is 4.94. The Morgan fingerprint density at radius 1 is 0.931 bits per heavy atom. The molecule has 1 aliphatic rings. The highest BCUT2D eigenvalue weighted by molar-refractivity contribution is 6.35. The van der Waals surface area contributed by atoms with Gasteiger partial charge in [0.1, 0.15) is 0 Å². The van der Waals surface area contributed by atoms with Crippen LogP contribution in [0.1, 0.15) is 25.0 Å². The summed E-state index contributed by atoms with van der Waals surface area (Å²) in [5, 5.41) is 10.7. The molecule has 0 aliphatic carbocycles. The minimum Gasteiger partial charge on any atom is -0.502 e. The molecule has 1 N–H and O–H groups in total. The van der Waals surface area contributed by atoms with Crippen LogP contribution in [0, 0.1) is 0 Å². The largest absolute Gasteiger partial charge is 0.502 e. The van der Waals surface area contributed by atoms with Gasteiger partial charge in [0.15, 0.2) is 17.3 Å². The Bertz CT molecular complexity index is 952. The number of carbonyl (C=O) groups is 2. The number of hydrogen-bond acceptors (Lipinski definition) is 5. The summed E-state index contributed by atoms with van der Waals surface area (Å²) in [5.74, 6) is -0.495. The van der Waals surface area contributed by atoms with E-state index >= 15 is 0 Å². The average Bonchev–Trinajstić information content (AvgIpc) is 2.92. The van der Waals surface area contributed by atoms with E-state index in [-0.39, 0.29) is 12.1 Å². The Hall–Kier alpha value is -2.99. The van der Waals surface area contributed by atoms with Gasteiger partial charge in [0.05, 0.1) is 18.8 Å². The van der Waals surface area contributed by atoms with E-state index in [2.05, 4.69) is 0 Å². The van der Waals surface area contributed by atoms with E-state index in [4.69, 9.17) is 21.1 Å². The van der Waals surface area contributed by atoms with Crippen LogP contribution >= 0.6 is 11.6 Å². The highest BCUT2D eigenvalue weighted by Crippen LogP contribution is 2.31. The van der Waals surface area contributed by atoms with Crippen LogP contribution in [-0.4, -0.2) is 41.6 Å². The van der Waals surface area contributed by atoms with Crippen LogP contribution < -0.4 is 9.47 Å². The molecule has 7 heteroatoms. The fourth-order valence-corrected chi connectivity index (χ4v) is 3.26. The first-order chi connectivity index (χ1) is 14.0.